The molecule has 0 saturated heterocycles. The van der Waals surface area contributed by atoms with Crippen LogP contribution in [0.3, 0.4) is 0 Å². The van der Waals surface area contributed by atoms with E-state index in [0.717, 1.165) is 15.9 Å². The third-order valence-electron chi connectivity index (χ3n) is 4.64. The van der Waals surface area contributed by atoms with Crippen LogP contribution in [-0.2, 0) is 4.52 Å². The van der Waals surface area contributed by atoms with Gasteiger partial charge in [0.05, 0.1) is 0 Å². The maximum atomic E-state index is 9.48. The first kappa shape index (κ1) is 16.9. The summed E-state index contributed by atoms with van der Waals surface area (Å²) in [4.78, 5) is 0. The third kappa shape index (κ3) is 2.67. The van der Waals surface area contributed by atoms with Crippen molar-refractivity contribution in [3.63, 3.8) is 0 Å². The van der Waals surface area contributed by atoms with Gasteiger partial charge < -0.3 is 0 Å². The zero-order valence-electron chi connectivity index (χ0n) is 13.9. The Balaban J connectivity index is 2.37. The van der Waals surface area contributed by atoms with Crippen molar-refractivity contribution in [3.05, 3.63) is 91.0 Å². The second-order valence-electron chi connectivity index (χ2n) is 6.03. The Morgan fingerprint density at radius 3 is 1.29 bits per heavy atom. The van der Waals surface area contributed by atoms with Gasteiger partial charge in [0.25, 0.3) is 0 Å². The van der Waals surface area contributed by atoms with Crippen molar-refractivity contribution in [2.45, 2.75) is 0 Å². The van der Waals surface area contributed by atoms with Crippen molar-refractivity contribution in [3.8, 4) is 0 Å². The van der Waals surface area contributed by atoms with Crippen LogP contribution in [0.4, 0.5) is 0 Å². The molecule has 1 N–H and O–H groups in total. The fourth-order valence-corrected chi connectivity index (χ4v) is 7.85. The van der Waals surface area contributed by atoms with E-state index in [9.17, 15) is 5.11 Å². The van der Waals surface area contributed by atoms with Gasteiger partial charge in [0.1, 0.15) is 0 Å². The molecule has 3 aromatic rings. The summed E-state index contributed by atoms with van der Waals surface area (Å²) in [6, 6.07) is 31.2. The van der Waals surface area contributed by atoms with E-state index in [0.29, 0.717) is 6.61 Å². The van der Waals surface area contributed by atoms with Crippen LogP contribution in [0.1, 0.15) is 0 Å². The predicted molar refractivity (Wildman–Crippen MR) is 104 cm³/mol. The molecular weight excluding hydrogens is 315 g/mol. The molecular formula is C21H23O2P. The zero-order chi connectivity index (χ0) is 16.9. The minimum absolute atomic E-state index is 0.00175. The van der Waals surface area contributed by atoms with Gasteiger partial charge in [-0.2, -0.15) is 0 Å². The Morgan fingerprint density at radius 1 is 0.667 bits per heavy atom. The molecule has 0 aromatic heterocycles. The second kappa shape index (κ2) is 6.86. The number of aliphatic hydroxyl groups is 1. The normalized spacial score (nSPS) is 13.2. The number of rotatable bonds is 6. The number of hydrogen-bond acceptors (Lipinski definition) is 2. The predicted octanol–water partition coefficient (Wildman–Crippen LogP) is 3.07. The average Bonchev–Trinajstić information content (AvgIpc) is 2.68. The van der Waals surface area contributed by atoms with E-state index in [2.05, 4.69) is 79.5 Å². The Hall–Kier alpha value is -1.99. The molecule has 0 aliphatic carbocycles. The maximum absolute atomic E-state index is 9.48. The Morgan fingerprint density at radius 2 is 1.00 bits per heavy atom. The van der Waals surface area contributed by atoms with Crippen molar-refractivity contribution in [2.24, 2.45) is 0 Å². The van der Waals surface area contributed by atoms with Crippen molar-refractivity contribution in [2.75, 3.05) is 19.9 Å². The zero-order valence-corrected chi connectivity index (χ0v) is 14.8. The number of hydrogen-bond donors (Lipinski definition) is 1. The molecule has 3 rings (SSSR count). The molecule has 0 saturated carbocycles. The number of aliphatic hydroxyl groups excluding tert-OH is 1. The van der Waals surface area contributed by atoms with Crippen molar-refractivity contribution in [1.29, 1.82) is 0 Å². The van der Waals surface area contributed by atoms with Crippen LogP contribution in [-0.4, -0.2) is 25.0 Å². The Labute approximate surface area is 143 Å². The summed E-state index contributed by atoms with van der Waals surface area (Å²) >= 11 is 0. The third-order valence-corrected chi connectivity index (χ3v) is 10.1. The quantitative estimate of drug-likeness (QED) is 0.700. The summed E-state index contributed by atoms with van der Waals surface area (Å²) in [5.74, 6) is 0. The molecule has 0 unspecified atom stereocenters. The second-order valence-corrected chi connectivity index (χ2v) is 10.8. The van der Waals surface area contributed by atoms with Crippen LogP contribution in [0.25, 0.3) is 0 Å². The topological polar surface area (TPSA) is 29.5 Å². The molecule has 3 heteroatoms. The molecule has 2 nitrogen and oxygen atoms in total. The van der Waals surface area contributed by atoms with Gasteiger partial charge >= 0.3 is 143 Å². The monoisotopic (exact) mass is 338 g/mol. The van der Waals surface area contributed by atoms with Gasteiger partial charge in [-0.1, -0.05) is 0 Å². The summed E-state index contributed by atoms with van der Waals surface area (Å²) in [7, 11) is 0. The van der Waals surface area contributed by atoms with Crippen molar-refractivity contribution in [1.82, 2.24) is 0 Å². The summed E-state index contributed by atoms with van der Waals surface area (Å²) < 4.78 is 6.61. The summed E-state index contributed by atoms with van der Waals surface area (Å²) in [5.41, 5.74) is 0. The molecule has 0 heterocycles. The molecule has 0 atom stereocenters. The fourth-order valence-electron chi connectivity index (χ4n) is 3.30. The van der Waals surface area contributed by atoms with Gasteiger partial charge in [-0.3, -0.25) is 0 Å². The van der Waals surface area contributed by atoms with E-state index in [1.807, 2.05) is 18.2 Å². The van der Waals surface area contributed by atoms with Crippen LogP contribution in [0.5, 0.6) is 0 Å². The van der Waals surface area contributed by atoms with Gasteiger partial charge in [0, 0.05) is 0 Å². The molecule has 0 spiro atoms. The molecule has 0 aliphatic heterocycles. The Kier molecular flexibility index (Phi) is 4.82. The van der Waals surface area contributed by atoms with E-state index >= 15 is 0 Å². The molecule has 0 bridgehead atoms. The Bertz CT molecular complexity index is 673. The first-order valence-electron chi connectivity index (χ1n) is 8.14. The average molecular weight is 338 g/mol. The van der Waals surface area contributed by atoms with E-state index in [1.54, 1.807) is 0 Å². The summed E-state index contributed by atoms with van der Waals surface area (Å²) in [6.07, 6.45) is 0. The van der Waals surface area contributed by atoms with Gasteiger partial charge in [0.15, 0.2) is 0 Å². The van der Waals surface area contributed by atoms with E-state index in [-0.39, 0.29) is 6.61 Å². The van der Waals surface area contributed by atoms with Crippen LogP contribution in [0.2, 0.25) is 0 Å². The van der Waals surface area contributed by atoms with Gasteiger partial charge in [0.2, 0.25) is 0 Å². The number of benzene rings is 3. The van der Waals surface area contributed by atoms with Crippen LogP contribution in [0, 0.1) is 0 Å². The molecule has 0 aliphatic rings. The molecule has 0 radical (unpaired) electrons. The first-order valence-corrected chi connectivity index (χ1v) is 10.7. The van der Waals surface area contributed by atoms with Gasteiger partial charge in [-0.05, 0) is 0 Å². The van der Waals surface area contributed by atoms with Gasteiger partial charge in [-0.25, -0.2) is 0 Å². The van der Waals surface area contributed by atoms with Crippen LogP contribution >= 0.6 is 6.83 Å². The molecule has 124 valence electrons. The van der Waals surface area contributed by atoms with E-state index in [4.69, 9.17) is 4.52 Å². The van der Waals surface area contributed by atoms with E-state index in [1.165, 1.54) is 0 Å². The minimum atomic E-state index is -3.11. The van der Waals surface area contributed by atoms with Crippen LogP contribution < -0.4 is 15.9 Å². The van der Waals surface area contributed by atoms with E-state index < -0.39 is 6.83 Å². The van der Waals surface area contributed by atoms with Crippen molar-refractivity contribution < 1.29 is 9.63 Å². The van der Waals surface area contributed by atoms with Crippen molar-refractivity contribution >= 4 is 22.7 Å². The first-order chi connectivity index (χ1) is 11.7. The molecule has 0 amide bonds. The molecule has 24 heavy (non-hydrogen) atoms. The van der Waals surface area contributed by atoms with Crippen LogP contribution in [0.15, 0.2) is 91.0 Å². The molecule has 3 aromatic carbocycles. The summed E-state index contributed by atoms with van der Waals surface area (Å²) in [6.45, 7) is -0.592. The molecule has 0 fully saturated rings. The summed E-state index contributed by atoms with van der Waals surface area (Å²) in [5, 5.41) is 13.0. The standard InChI is InChI=1S/C21H23O2P/c1-24(23-18-17-22,19-11-5-2-6-12-19,20-13-7-3-8-14-20)21-15-9-4-10-16-21/h2-16,22H,17-18H2,1H3. The fraction of sp³-hybridized carbons (Fsp3) is 0.143. The SMILES string of the molecule is CP(OCCO)(c1ccccc1)(c1ccccc1)c1ccccc1. The van der Waals surface area contributed by atoms with Gasteiger partial charge in [-0.15, -0.1) is 0 Å².